The van der Waals surface area contributed by atoms with Crippen molar-refractivity contribution in [2.45, 2.75) is 19.8 Å². The molecule has 3 atom stereocenters. The van der Waals surface area contributed by atoms with E-state index in [1.54, 1.807) is 0 Å². The maximum Gasteiger partial charge on any atom is 0.0839 e. The zero-order valence-corrected chi connectivity index (χ0v) is 10.6. The lowest BCUT2D eigenvalue weighted by Gasteiger charge is -2.19. The van der Waals surface area contributed by atoms with E-state index >= 15 is 0 Å². The van der Waals surface area contributed by atoms with Crippen molar-refractivity contribution in [1.82, 2.24) is 4.90 Å². The number of likely N-dealkylation sites (tertiary alicyclic amines) is 1. The number of hydrogen-bond acceptors (Lipinski definition) is 2. The highest BCUT2D eigenvalue weighted by molar-refractivity contribution is 5.25. The number of hydrogen-bond donors (Lipinski definition) is 0. The Morgan fingerprint density at radius 1 is 1.24 bits per heavy atom. The summed E-state index contributed by atoms with van der Waals surface area (Å²) in [5.74, 6) is 1.52. The van der Waals surface area contributed by atoms with Crippen molar-refractivity contribution in [1.29, 1.82) is 5.26 Å². The average molecular weight is 228 g/mol. The standard InChI is InChI=1S/C15H20N2/c1-12-9-17(10-13(12)2)11-15(8-16)14-6-4-3-5-7-14/h3-7,12-13,15H,9-11H2,1-2H3. The average Bonchev–Trinajstić information content (AvgIpc) is 2.67. The van der Waals surface area contributed by atoms with E-state index in [2.05, 4.69) is 36.9 Å². The van der Waals surface area contributed by atoms with Crippen LogP contribution in [0.2, 0.25) is 0 Å². The lowest BCUT2D eigenvalue weighted by Crippen LogP contribution is -2.26. The summed E-state index contributed by atoms with van der Waals surface area (Å²) in [6.45, 7) is 7.73. The summed E-state index contributed by atoms with van der Waals surface area (Å²) in [5, 5.41) is 9.29. The number of rotatable bonds is 3. The van der Waals surface area contributed by atoms with Crippen LogP contribution in [0.1, 0.15) is 25.3 Å². The molecule has 90 valence electrons. The molecule has 0 aliphatic carbocycles. The summed E-state index contributed by atoms with van der Waals surface area (Å²) in [4.78, 5) is 2.43. The first-order valence-electron chi connectivity index (χ1n) is 6.37. The fourth-order valence-corrected chi connectivity index (χ4v) is 2.56. The molecule has 0 saturated carbocycles. The van der Waals surface area contributed by atoms with Gasteiger partial charge in [0.05, 0.1) is 12.0 Å². The van der Waals surface area contributed by atoms with Crippen LogP contribution in [-0.2, 0) is 0 Å². The second kappa shape index (κ2) is 5.33. The summed E-state index contributed by atoms with van der Waals surface area (Å²) < 4.78 is 0. The summed E-state index contributed by atoms with van der Waals surface area (Å²) in [7, 11) is 0. The second-order valence-corrected chi connectivity index (χ2v) is 5.27. The second-order valence-electron chi connectivity index (χ2n) is 5.27. The molecule has 1 aliphatic rings. The number of nitriles is 1. The Hall–Kier alpha value is -1.33. The van der Waals surface area contributed by atoms with Crippen molar-refractivity contribution in [2.75, 3.05) is 19.6 Å². The highest BCUT2D eigenvalue weighted by Gasteiger charge is 2.27. The minimum absolute atomic E-state index is 0.00806. The summed E-state index contributed by atoms with van der Waals surface area (Å²) in [5.41, 5.74) is 1.14. The summed E-state index contributed by atoms with van der Waals surface area (Å²) >= 11 is 0. The predicted octanol–water partition coefficient (Wildman–Crippen LogP) is 2.88. The van der Waals surface area contributed by atoms with Crippen molar-refractivity contribution >= 4 is 0 Å². The Labute approximate surface area is 104 Å². The molecule has 0 N–H and O–H groups in total. The van der Waals surface area contributed by atoms with Gasteiger partial charge in [0, 0.05) is 19.6 Å². The molecule has 2 rings (SSSR count). The van der Waals surface area contributed by atoms with Crippen LogP contribution in [0.15, 0.2) is 30.3 Å². The first kappa shape index (κ1) is 12.1. The van der Waals surface area contributed by atoms with Crippen molar-refractivity contribution in [3.63, 3.8) is 0 Å². The summed E-state index contributed by atoms with van der Waals surface area (Å²) in [6.07, 6.45) is 0. The van der Waals surface area contributed by atoms with Crippen LogP contribution in [0.3, 0.4) is 0 Å². The molecule has 1 aliphatic heterocycles. The number of nitrogens with zero attached hydrogens (tertiary/aromatic N) is 2. The smallest absolute Gasteiger partial charge is 0.0839 e. The van der Waals surface area contributed by atoms with E-state index < -0.39 is 0 Å². The molecule has 0 radical (unpaired) electrons. The zero-order valence-electron chi connectivity index (χ0n) is 10.6. The van der Waals surface area contributed by atoms with Crippen molar-refractivity contribution in [3.8, 4) is 6.07 Å². The van der Waals surface area contributed by atoms with Gasteiger partial charge in [-0.25, -0.2) is 0 Å². The van der Waals surface area contributed by atoms with Crippen LogP contribution < -0.4 is 0 Å². The fourth-order valence-electron chi connectivity index (χ4n) is 2.56. The van der Waals surface area contributed by atoms with Gasteiger partial charge in [-0.2, -0.15) is 5.26 Å². The van der Waals surface area contributed by atoms with Gasteiger partial charge in [-0.05, 0) is 17.4 Å². The molecule has 1 heterocycles. The maximum atomic E-state index is 9.29. The van der Waals surface area contributed by atoms with Crippen molar-refractivity contribution in [2.24, 2.45) is 11.8 Å². The molecule has 3 unspecified atom stereocenters. The quantitative estimate of drug-likeness (QED) is 0.795. The molecule has 0 amide bonds. The van der Waals surface area contributed by atoms with Gasteiger partial charge in [0.25, 0.3) is 0 Å². The number of benzene rings is 1. The summed E-state index contributed by atoms with van der Waals surface area (Å²) in [6, 6.07) is 12.6. The monoisotopic (exact) mass is 228 g/mol. The van der Waals surface area contributed by atoms with Crippen LogP contribution >= 0.6 is 0 Å². The van der Waals surface area contributed by atoms with E-state index in [9.17, 15) is 5.26 Å². The molecule has 0 aromatic heterocycles. The van der Waals surface area contributed by atoms with Crippen LogP contribution in [-0.4, -0.2) is 24.5 Å². The van der Waals surface area contributed by atoms with E-state index in [0.717, 1.165) is 37.0 Å². The lowest BCUT2D eigenvalue weighted by atomic mass is 10.0. The Bertz CT molecular complexity index is 383. The van der Waals surface area contributed by atoms with Crippen LogP contribution in [0.4, 0.5) is 0 Å². The van der Waals surface area contributed by atoms with E-state index in [-0.39, 0.29) is 5.92 Å². The van der Waals surface area contributed by atoms with Crippen LogP contribution in [0, 0.1) is 23.2 Å². The normalized spacial score (nSPS) is 26.6. The highest BCUT2D eigenvalue weighted by Crippen LogP contribution is 2.25. The zero-order chi connectivity index (χ0) is 12.3. The lowest BCUT2D eigenvalue weighted by molar-refractivity contribution is 0.317. The Balaban J connectivity index is 2.00. The molecular weight excluding hydrogens is 208 g/mol. The van der Waals surface area contributed by atoms with E-state index in [1.165, 1.54) is 0 Å². The van der Waals surface area contributed by atoms with Crippen molar-refractivity contribution in [3.05, 3.63) is 35.9 Å². The molecule has 1 aromatic carbocycles. The molecule has 1 saturated heterocycles. The van der Waals surface area contributed by atoms with E-state index in [1.807, 2.05) is 18.2 Å². The van der Waals surface area contributed by atoms with Gasteiger partial charge < -0.3 is 4.90 Å². The molecule has 0 bridgehead atoms. The topological polar surface area (TPSA) is 27.0 Å². The third kappa shape index (κ3) is 2.87. The van der Waals surface area contributed by atoms with Crippen LogP contribution in [0.25, 0.3) is 0 Å². The minimum atomic E-state index is 0.00806. The Kier molecular flexibility index (Phi) is 3.81. The fraction of sp³-hybridized carbons (Fsp3) is 0.533. The first-order chi connectivity index (χ1) is 8.20. The molecule has 2 heteroatoms. The van der Waals surface area contributed by atoms with Gasteiger partial charge in [0.2, 0.25) is 0 Å². The molecule has 2 nitrogen and oxygen atoms in total. The molecule has 1 aromatic rings. The largest absolute Gasteiger partial charge is 0.301 e. The third-order valence-corrected chi connectivity index (χ3v) is 3.86. The maximum absolute atomic E-state index is 9.29. The van der Waals surface area contributed by atoms with Gasteiger partial charge in [-0.3, -0.25) is 0 Å². The Morgan fingerprint density at radius 3 is 2.35 bits per heavy atom. The predicted molar refractivity (Wildman–Crippen MR) is 69.6 cm³/mol. The van der Waals surface area contributed by atoms with Gasteiger partial charge in [-0.15, -0.1) is 0 Å². The minimum Gasteiger partial charge on any atom is -0.301 e. The third-order valence-electron chi connectivity index (χ3n) is 3.86. The van der Waals surface area contributed by atoms with Crippen molar-refractivity contribution < 1.29 is 0 Å². The molecule has 17 heavy (non-hydrogen) atoms. The van der Waals surface area contributed by atoms with E-state index in [0.29, 0.717) is 0 Å². The first-order valence-corrected chi connectivity index (χ1v) is 6.37. The van der Waals surface area contributed by atoms with Gasteiger partial charge >= 0.3 is 0 Å². The van der Waals surface area contributed by atoms with Gasteiger partial charge in [0.1, 0.15) is 0 Å². The van der Waals surface area contributed by atoms with Gasteiger partial charge in [-0.1, -0.05) is 44.2 Å². The highest BCUT2D eigenvalue weighted by atomic mass is 15.2. The molecule has 0 spiro atoms. The SMILES string of the molecule is CC1CN(CC(C#N)c2ccccc2)CC1C. The van der Waals surface area contributed by atoms with Crippen LogP contribution in [0.5, 0.6) is 0 Å². The molecular formula is C15H20N2. The Morgan fingerprint density at radius 2 is 1.82 bits per heavy atom. The van der Waals surface area contributed by atoms with Gasteiger partial charge in [0.15, 0.2) is 0 Å². The molecule has 1 fully saturated rings. The van der Waals surface area contributed by atoms with E-state index in [4.69, 9.17) is 0 Å².